The molecule has 0 spiro atoms. The van der Waals surface area contributed by atoms with E-state index in [1.54, 1.807) is 12.1 Å². The van der Waals surface area contributed by atoms with Crippen LogP contribution in [0.15, 0.2) is 21.2 Å². The molecule has 29 heavy (non-hydrogen) atoms. The molecule has 4 aliphatic carbocycles. The lowest BCUT2D eigenvalue weighted by Crippen LogP contribution is -2.54. The van der Waals surface area contributed by atoms with E-state index in [1.807, 2.05) is 0 Å². The summed E-state index contributed by atoms with van der Waals surface area (Å²) in [5, 5.41) is 0. The zero-order chi connectivity index (χ0) is 20.4. The van der Waals surface area contributed by atoms with Crippen molar-refractivity contribution in [2.75, 3.05) is 0 Å². The SMILES string of the molecule is C[C@@]12CC[C@@H](OC(=O)c3ccc(Br)o3)C[C@@H]1CC[C@H]1[C@H]2CC[C@]2(C)C(=O)CC[C@H]12. The maximum atomic E-state index is 12.6. The summed E-state index contributed by atoms with van der Waals surface area (Å²) in [6, 6.07) is 3.38. The van der Waals surface area contributed by atoms with E-state index in [4.69, 9.17) is 9.15 Å². The van der Waals surface area contributed by atoms with Crippen molar-refractivity contribution in [2.24, 2.45) is 34.5 Å². The third-order valence-corrected chi connectivity index (χ3v) is 9.80. The van der Waals surface area contributed by atoms with Crippen molar-refractivity contribution < 1.29 is 18.7 Å². The van der Waals surface area contributed by atoms with Crippen LogP contribution in [0.2, 0.25) is 0 Å². The van der Waals surface area contributed by atoms with Crippen LogP contribution in [0.4, 0.5) is 0 Å². The summed E-state index contributed by atoms with van der Waals surface area (Å²) in [4.78, 5) is 25.0. The van der Waals surface area contributed by atoms with Crippen molar-refractivity contribution >= 4 is 27.7 Å². The topological polar surface area (TPSA) is 56.5 Å². The number of halogens is 1. The Morgan fingerprint density at radius 2 is 1.93 bits per heavy atom. The average molecular weight is 463 g/mol. The highest BCUT2D eigenvalue weighted by Crippen LogP contribution is 2.65. The highest BCUT2D eigenvalue weighted by atomic mass is 79.9. The van der Waals surface area contributed by atoms with Crippen molar-refractivity contribution in [3.63, 3.8) is 0 Å². The van der Waals surface area contributed by atoms with Gasteiger partial charge in [-0.2, -0.15) is 0 Å². The van der Waals surface area contributed by atoms with Crippen LogP contribution in [0, 0.1) is 34.5 Å². The summed E-state index contributed by atoms with van der Waals surface area (Å²) in [6.45, 7) is 4.75. The number of carbonyl (C=O) groups excluding carboxylic acids is 2. The molecule has 1 heterocycles. The number of rotatable bonds is 2. The highest BCUT2D eigenvalue weighted by Gasteiger charge is 2.60. The molecule has 0 aromatic carbocycles. The van der Waals surface area contributed by atoms with Gasteiger partial charge in [-0.3, -0.25) is 4.79 Å². The second kappa shape index (κ2) is 6.96. The number of ether oxygens (including phenoxy) is 1. The Bertz CT molecular complexity index is 831. The van der Waals surface area contributed by atoms with Gasteiger partial charge in [0.25, 0.3) is 0 Å². The molecule has 7 atom stereocenters. The van der Waals surface area contributed by atoms with Crippen LogP contribution < -0.4 is 0 Å². The first-order chi connectivity index (χ1) is 13.8. The van der Waals surface area contributed by atoms with Gasteiger partial charge in [-0.15, -0.1) is 0 Å². The van der Waals surface area contributed by atoms with E-state index < -0.39 is 0 Å². The molecule has 4 nitrogen and oxygen atoms in total. The molecule has 4 aliphatic rings. The van der Waals surface area contributed by atoms with Crippen LogP contribution in [0.25, 0.3) is 0 Å². The number of hydrogen-bond acceptors (Lipinski definition) is 4. The van der Waals surface area contributed by atoms with E-state index in [2.05, 4.69) is 29.8 Å². The molecule has 5 rings (SSSR count). The molecule has 0 saturated heterocycles. The molecule has 4 saturated carbocycles. The highest BCUT2D eigenvalue weighted by molar-refractivity contribution is 9.10. The van der Waals surface area contributed by atoms with Gasteiger partial charge in [-0.25, -0.2) is 4.79 Å². The lowest BCUT2D eigenvalue weighted by atomic mass is 9.45. The fraction of sp³-hybridized carbons (Fsp3) is 0.750. The average Bonchev–Trinajstić information content (AvgIpc) is 3.25. The van der Waals surface area contributed by atoms with Crippen LogP contribution in [-0.2, 0) is 9.53 Å². The van der Waals surface area contributed by atoms with Crippen LogP contribution in [-0.4, -0.2) is 17.9 Å². The van der Waals surface area contributed by atoms with E-state index in [-0.39, 0.29) is 23.2 Å². The number of furan rings is 1. The molecule has 4 fully saturated rings. The predicted octanol–water partition coefficient (Wildman–Crippen LogP) is 6.18. The fourth-order valence-electron chi connectivity index (χ4n) is 7.73. The van der Waals surface area contributed by atoms with E-state index in [1.165, 1.54) is 19.3 Å². The summed E-state index contributed by atoms with van der Waals surface area (Å²) in [7, 11) is 0. The smallest absolute Gasteiger partial charge is 0.374 e. The molecule has 0 aliphatic heterocycles. The van der Waals surface area contributed by atoms with Gasteiger partial charge in [0.15, 0.2) is 4.67 Å². The Morgan fingerprint density at radius 3 is 2.69 bits per heavy atom. The lowest BCUT2D eigenvalue weighted by molar-refractivity contribution is -0.142. The minimum absolute atomic E-state index is 0.0112. The number of esters is 1. The van der Waals surface area contributed by atoms with Gasteiger partial charge in [-0.1, -0.05) is 13.8 Å². The minimum Gasteiger partial charge on any atom is -0.457 e. The van der Waals surface area contributed by atoms with E-state index in [0.29, 0.717) is 33.6 Å². The fourth-order valence-corrected chi connectivity index (χ4v) is 8.04. The van der Waals surface area contributed by atoms with Crippen molar-refractivity contribution in [3.8, 4) is 0 Å². The Hall–Kier alpha value is -1.10. The molecule has 158 valence electrons. The van der Waals surface area contributed by atoms with Gasteiger partial charge in [0.1, 0.15) is 11.9 Å². The van der Waals surface area contributed by atoms with Gasteiger partial charge in [0, 0.05) is 11.8 Å². The van der Waals surface area contributed by atoms with Gasteiger partial charge < -0.3 is 9.15 Å². The molecule has 0 N–H and O–H groups in total. The Balaban J connectivity index is 1.29. The molecule has 1 aromatic heterocycles. The molecule has 5 heteroatoms. The van der Waals surface area contributed by atoms with Crippen LogP contribution in [0.1, 0.15) is 82.2 Å². The van der Waals surface area contributed by atoms with E-state index in [0.717, 1.165) is 44.4 Å². The second-order valence-electron chi connectivity index (χ2n) is 10.5. The first-order valence-electron chi connectivity index (χ1n) is 11.3. The number of fused-ring (bicyclic) bond motifs is 5. The van der Waals surface area contributed by atoms with Gasteiger partial charge >= 0.3 is 5.97 Å². The van der Waals surface area contributed by atoms with Crippen molar-refractivity contribution in [2.45, 2.75) is 77.7 Å². The van der Waals surface area contributed by atoms with Gasteiger partial charge in [-0.05, 0) is 109 Å². The van der Waals surface area contributed by atoms with Crippen molar-refractivity contribution in [3.05, 3.63) is 22.6 Å². The van der Waals surface area contributed by atoms with Crippen molar-refractivity contribution in [1.82, 2.24) is 0 Å². The molecular weight excluding hydrogens is 432 g/mol. The number of hydrogen-bond donors (Lipinski definition) is 0. The zero-order valence-electron chi connectivity index (χ0n) is 17.4. The summed E-state index contributed by atoms with van der Waals surface area (Å²) in [6.07, 6.45) is 9.63. The third-order valence-electron chi connectivity index (χ3n) is 9.37. The van der Waals surface area contributed by atoms with Crippen LogP contribution in [0.5, 0.6) is 0 Å². The number of carbonyl (C=O) groups is 2. The monoisotopic (exact) mass is 462 g/mol. The van der Waals surface area contributed by atoms with Crippen LogP contribution >= 0.6 is 15.9 Å². The second-order valence-corrected chi connectivity index (χ2v) is 11.3. The van der Waals surface area contributed by atoms with Crippen LogP contribution in [0.3, 0.4) is 0 Å². The number of Topliss-reactive ketones (excluding diaryl/α,β-unsaturated/α-hetero) is 1. The number of ketones is 1. The largest absolute Gasteiger partial charge is 0.457 e. The third kappa shape index (κ3) is 3.05. The first-order valence-corrected chi connectivity index (χ1v) is 12.1. The molecule has 0 amide bonds. The normalized spacial score (nSPS) is 44.0. The summed E-state index contributed by atoms with van der Waals surface area (Å²) in [5.74, 6) is 3.08. The quantitative estimate of drug-likeness (QED) is 0.492. The maximum absolute atomic E-state index is 12.6. The summed E-state index contributed by atoms with van der Waals surface area (Å²) < 4.78 is 11.7. The zero-order valence-corrected chi connectivity index (χ0v) is 19.0. The Kier molecular flexibility index (Phi) is 4.76. The maximum Gasteiger partial charge on any atom is 0.374 e. The van der Waals surface area contributed by atoms with Gasteiger partial charge in [0.2, 0.25) is 5.76 Å². The van der Waals surface area contributed by atoms with Crippen molar-refractivity contribution in [1.29, 1.82) is 0 Å². The summed E-state index contributed by atoms with van der Waals surface area (Å²) >= 11 is 3.24. The Labute approximate surface area is 181 Å². The standard InChI is InChI=1S/C24H31BrO4/c1-23-11-9-15(28-22(27)19-6-8-21(25)29-19)13-14(23)3-4-16-17-5-7-20(26)24(17,2)12-10-18(16)23/h6,8,14-18H,3-5,7,9-13H2,1-2H3/t14-,15+,16+,17+,18+,23+,24-/m0/s1. The molecule has 0 unspecified atom stereocenters. The molecular formula is C24H31BrO4. The van der Waals surface area contributed by atoms with E-state index in [9.17, 15) is 9.59 Å². The van der Waals surface area contributed by atoms with E-state index >= 15 is 0 Å². The first kappa shape index (κ1) is 19.8. The lowest BCUT2D eigenvalue weighted by Gasteiger charge is -2.60. The minimum atomic E-state index is -0.351. The molecule has 0 radical (unpaired) electrons. The molecule has 1 aromatic rings. The predicted molar refractivity (Wildman–Crippen MR) is 112 cm³/mol. The molecule has 0 bridgehead atoms. The van der Waals surface area contributed by atoms with Gasteiger partial charge in [0.05, 0.1) is 0 Å². The summed E-state index contributed by atoms with van der Waals surface area (Å²) in [5.41, 5.74) is 0.279. The Morgan fingerprint density at radius 1 is 1.10 bits per heavy atom.